The second kappa shape index (κ2) is 5.55. The average Bonchev–Trinajstić information content (AvgIpc) is 2.38. The standard InChI is InChI=1S/C13H24N2O3/c1-12(3-2-6-14-9-12)11(16)15-10-13(17)4-7-18-8-5-13/h14,17H,2-10H2,1H3,(H,15,16). The lowest BCUT2D eigenvalue weighted by Crippen LogP contribution is -2.53. The first kappa shape index (κ1) is 13.8. The predicted molar refractivity (Wildman–Crippen MR) is 68.2 cm³/mol. The molecule has 0 aliphatic carbocycles. The Morgan fingerprint density at radius 2 is 2.11 bits per heavy atom. The van der Waals surface area contributed by atoms with Crippen LogP contribution in [0.4, 0.5) is 0 Å². The zero-order valence-corrected chi connectivity index (χ0v) is 11.1. The van der Waals surface area contributed by atoms with E-state index in [1.54, 1.807) is 0 Å². The predicted octanol–water partition coefficient (Wildman–Crippen LogP) is 0.0338. The van der Waals surface area contributed by atoms with E-state index in [0.29, 0.717) is 32.6 Å². The summed E-state index contributed by atoms with van der Waals surface area (Å²) in [5.41, 5.74) is -1.12. The van der Waals surface area contributed by atoms with Crippen molar-refractivity contribution < 1.29 is 14.6 Å². The van der Waals surface area contributed by atoms with Crippen molar-refractivity contribution in [1.82, 2.24) is 10.6 Å². The highest BCUT2D eigenvalue weighted by atomic mass is 16.5. The van der Waals surface area contributed by atoms with Crippen molar-refractivity contribution in [1.29, 1.82) is 0 Å². The minimum absolute atomic E-state index is 0.0506. The molecule has 0 aromatic carbocycles. The topological polar surface area (TPSA) is 70.6 Å². The molecule has 0 aromatic heterocycles. The first-order chi connectivity index (χ1) is 8.54. The third-order valence-corrected chi connectivity index (χ3v) is 4.15. The molecule has 0 saturated carbocycles. The molecule has 2 fully saturated rings. The molecule has 2 aliphatic heterocycles. The van der Waals surface area contributed by atoms with Crippen molar-refractivity contribution in [3.8, 4) is 0 Å². The van der Waals surface area contributed by atoms with Gasteiger partial charge >= 0.3 is 0 Å². The van der Waals surface area contributed by atoms with Crippen molar-refractivity contribution in [3.63, 3.8) is 0 Å². The average molecular weight is 256 g/mol. The fourth-order valence-corrected chi connectivity index (χ4v) is 2.64. The van der Waals surface area contributed by atoms with Crippen LogP contribution < -0.4 is 10.6 Å². The van der Waals surface area contributed by atoms with E-state index in [2.05, 4.69) is 10.6 Å². The largest absolute Gasteiger partial charge is 0.388 e. The number of amides is 1. The highest BCUT2D eigenvalue weighted by Gasteiger charge is 2.37. The molecule has 2 rings (SSSR count). The molecule has 3 N–H and O–H groups in total. The maximum atomic E-state index is 12.2. The molecule has 0 spiro atoms. The molecular weight excluding hydrogens is 232 g/mol. The van der Waals surface area contributed by atoms with Crippen LogP contribution in [0.2, 0.25) is 0 Å². The van der Waals surface area contributed by atoms with E-state index >= 15 is 0 Å². The van der Waals surface area contributed by atoms with E-state index in [4.69, 9.17) is 4.74 Å². The maximum Gasteiger partial charge on any atom is 0.227 e. The van der Waals surface area contributed by atoms with Crippen LogP contribution in [-0.2, 0) is 9.53 Å². The SMILES string of the molecule is CC1(C(=O)NCC2(O)CCOCC2)CCCNC1. The molecule has 5 nitrogen and oxygen atoms in total. The summed E-state index contributed by atoms with van der Waals surface area (Å²) in [7, 11) is 0. The lowest BCUT2D eigenvalue weighted by atomic mass is 9.81. The van der Waals surface area contributed by atoms with Crippen molar-refractivity contribution in [2.24, 2.45) is 5.41 Å². The van der Waals surface area contributed by atoms with Gasteiger partial charge in [0.25, 0.3) is 0 Å². The molecule has 2 heterocycles. The first-order valence-corrected chi connectivity index (χ1v) is 6.83. The quantitative estimate of drug-likeness (QED) is 0.666. The van der Waals surface area contributed by atoms with Crippen molar-refractivity contribution >= 4 is 5.91 Å². The molecule has 0 bridgehead atoms. The lowest BCUT2D eigenvalue weighted by Gasteiger charge is -2.36. The minimum Gasteiger partial charge on any atom is -0.388 e. The summed E-state index contributed by atoms with van der Waals surface area (Å²) in [6.45, 7) is 5.19. The summed E-state index contributed by atoms with van der Waals surface area (Å²) < 4.78 is 5.23. The third-order valence-electron chi connectivity index (χ3n) is 4.15. The molecule has 18 heavy (non-hydrogen) atoms. The van der Waals surface area contributed by atoms with Gasteiger partial charge in [0.1, 0.15) is 0 Å². The smallest absolute Gasteiger partial charge is 0.227 e. The van der Waals surface area contributed by atoms with Crippen molar-refractivity contribution in [2.45, 2.75) is 38.2 Å². The zero-order valence-electron chi connectivity index (χ0n) is 11.1. The Kier molecular flexibility index (Phi) is 4.25. The van der Waals surface area contributed by atoms with Gasteiger partial charge in [-0.25, -0.2) is 0 Å². The van der Waals surface area contributed by atoms with Gasteiger partial charge in [0.2, 0.25) is 5.91 Å². The second-order valence-corrected chi connectivity index (χ2v) is 5.86. The van der Waals surface area contributed by atoms with Crippen molar-refractivity contribution in [3.05, 3.63) is 0 Å². The normalized spacial score (nSPS) is 31.9. The van der Waals surface area contributed by atoms with Crippen LogP contribution in [0.15, 0.2) is 0 Å². The van der Waals surface area contributed by atoms with Crippen LogP contribution in [0.3, 0.4) is 0 Å². The number of hydrogen-bond donors (Lipinski definition) is 3. The number of carbonyl (C=O) groups is 1. The monoisotopic (exact) mass is 256 g/mol. The zero-order chi connectivity index (χ0) is 13.1. The van der Waals surface area contributed by atoms with Crippen LogP contribution in [0, 0.1) is 5.41 Å². The highest BCUT2D eigenvalue weighted by molar-refractivity contribution is 5.82. The fraction of sp³-hybridized carbons (Fsp3) is 0.923. The number of hydrogen-bond acceptors (Lipinski definition) is 4. The van der Waals surface area contributed by atoms with E-state index in [1.165, 1.54) is 0 Å². The van der Waals surface area contributed by atoms with Gasteiger partial charge in [-0.3, -0.25) is 4.79 Å². The molecule has 0 radical (unpaired) electrons. The van der Waals surface area contributed by atoms with Crippen LogP contribution in [0.1, 0.15) is 32.6 Å². The summed E-state index contributed by atoms with van der Waals surface area (Å²) >= 11 is 0. The number of aliphatic hydroxyl groups is 1. The van der Waals surface area contributed by atoms with E-state index in [0.717, 1.165) is 25.9 Å². The summed E-state index contributed by atoms with van der Waals surface area (Å²) in [6, 6.07) is 0. The Morgan fingerprint density at radius 3 is 2.72 bits per heavy atom. The minimum atomic E-state index is -0.785. The molecule has 1 unspecified atom stereocenters. The Labute approximate surface area is 108 Å². The van der Waals surface area contributed by atoms with Gasteiger partial charge in [0.15, 0.2) is 0 Å². The van der Waals surface area contributed by atoms with E-state index in [9.17, 15) is 9.90 Å². The molecule has 2 saturated heterocycles. The molecule has 1 amide bonds. The van der Waals surface area contributed by atoms with Crippen LogP contribution >= 0.6 is 0 Å². The van der Waals surface area contributed by atoms with E-state index in [1.807, 2.05) is 6.92 Å². The third kappa shape index (κ3) is 3.22. The van der Waals surface area contributed by atoms with Gasteiger partial charge in [0.05, 0.1) is 11.0 Å². The molecule has 0 aromatic rings. The number of carbonyl (C=O) groups excluding carboxylic acids is 1. The number of nitrogens with one attached hydrogen (secondary N) is 2. The van der Waals surface area contributed by atoms with Crippen LogP contribution in [0.25, 0.3) is 0 Å². The van der Waals surface area contributed by atoms with E-state index < -0.39 is 5.60 Å². The molecule has 104 valence electrons. The molecule has 2 aliphatic rings. The number of ether oxygens (including phenoxy) is 1. The van der Waals surface area contributed by atoms with E-state index in [-0.39, 0.29) is 11.3 Å². The second-order valence-electron chi connectivity index (χ2n) is 5.86. The Hall–Kier alpha value is -0.650. The van der Waals surface area contributed by atoms with Crippen LogP contribution in [0.5, 0.6) is 0 Å². The summed E-state index contributed by atoms with van der Waals surface area (Å²) in [5, 5.41) is 16.5. The highest BCUT2D eigenvalue weighted by Crippen LogP contribution is 2.26. The van der Waals surface area contributed by atoms with Gasteiger partial charge in [-0.15, -0.1) is 0 Å². The van der Waals surface area contributed by atoms with Gasteiger partial charge < -0.3 is 20.5 Å². The van der Waals surface area contributed by atoms with Crippen molar-refractivity contribution in [2.75, 3.05) is 32.8 Å². The number of piperidine rings is 1. The van der Waals surface area contributed by atoms with Gasteiger partial charge in [0, 0.05) is 39.1 Å². The van der Waals surface area contributed by atoms with Crippen LogP contribution in [-0.4, -0.2) is 49.5 Å². The Morgan fingerprint density at radius 1 is 1.39 bits per heavy atom. The molecule has 1 atom stereocenters. The summed E-state index contributed by atoms with van der Waals surface area (Å²) in [5.74, 6) is 0.0506. The molecular formula is C13H24N2O3. The van der Waals surface area contributed by atoms with Gasteiger partial charge in [-0.2, -0.15) is 0 Å². The first-order valence-electron chi connectivity index (χ1n) is 6.83. The van der Waals surface area contributed by atoms with Gasteiger partial charge in [-0.1, -0.05) is 0 Å². The summed E-state index contributed by atoms with van der Waals surface area (Å²) in [6.07, 6.45) is 3.14. The Balaban J connectivity index is 1.83. The van der Waals surface area contributed by atoms with Gasteiger partial charge in [-0.05, 0) is 26.3 Å². The fourth-order valence-electron chi connectivity index (χ4n) is 2.64. The maximum absolute atomic E-state index is 12.2. The number of rotatable bonds is 3. The Bertz CT molecular complexity index is 295. The molecule has 5 heteroatoms. The lowest BCUT2D eigenvalue weighted by molar-refractivity contribution is -0.133. The summed E-state index contributed by atoms with van der Waals surface area (Å²) in [4.78, 5) is 12.2.